The molecule has 1 aromatic rings. The van der Waals surface area contributed by atoms with Crippen molar-refractivity contribution in [3.05, 3.63) is 16.6 Å². The first kappa shape index (κ1) is 15.4. The van der Waals surface area contributed by atoms with Crippen LogP contribution < -0.4 is 11.1 Å². The molecule has 0 bridgehead atoms. The molecule has 1 heterocycles. The molecule has 0 aliphatic heterocycles. The number of rotatable bonds is 5. The first-order valence-corrected chi connectivity index (χ1v) is 8.32. The largest absolute Gasteiger partial charge is 0.392 e. The number of nitrogens with zero attached hydrogens (tertiary/aromatic N) is 1. The molecule has 1 aliphatic rings. The molecule has 1 unspecified atom stereocenters. The van der Waals surface area contributed by atoms with E-state index in [9.17, 15) is 4.79 Å². The molecule has 2 rings (SSSR count). The van der Waals surface area contributed by atoms with Crippen molar-refractivity contribution in [1.29, 1.82) is 0 Å². The van der Waals surface area contributed by atoms with Crippen molar-refractivity contribution >= 4 is 34.5 Å². The number of aromatic nitrogens is 1. The maximum atomic E-state index is 12.5. The topological polar surface area (TPSA) is 68.0 Å². The molecule has 0 aromatic carbocycles. The van der Waals surface area contributed by atoms with Crippen LogP contribution in [-0.2, 0) is 4.79 Å². The Morgan fingerprint density at radius 1 is 1.55 bits per heavy atom. The molecule has 1 saturated carbocycles. The maximum Gasteiger partial charge on any atom is 0.233 e. The molecule has 3 N–H and O–H groups in total. The van der Waals surface area contributed by atoms with E-state index in [1.807, 2.05) is 5.38 Å². The number of hydrogen-bond acceptors (Lipinski definition) is 4. The second kappa shape index (κ2) is 6.63. The quantitative estimate of drug-likeness (QED) is 0.820. The molecule has 1 atom stereocenters. The average Bonchev–Trinajstić information content (AvgIpc) is 2.99. The van der Waals surface area contributed by atoms with Gasteiger partial charge in [-0.2, -0.15) is 0 Å². The van der Waals surface area contributed by atoms with Crippen LogP contribution in [0, 0.1) is 5.41 Å². The van der Waals surface area contributed by atoms with Gasteiger partial charge in [-0.15, -0.1) is 11.3 Å². The second-order valence-corrected chi connectivity index (χ2v) is 6.85. The highest BCUT2D eigenvalue weighted by Gasteiger charge is 2.42. The number of carbonyl (C=O) groups excluding carboxylic acids is 1. The van der Waals surface area contributed by atoms with E-state index < -0.39 is 5.41 Å². The molecule has 0 radical (unpaired) electrons. The molecule has 1 fully saturated rings. The Bertz CT molecular complexity index is 467. The molecule has 0 saturated heterocycles. The highest BCUT2D eigenvalue weighted by Crippen LogP contribution is 2.37. The lowest BCUT2D eigenvalue weighted by molar-refractivity contribution is -0.128. The standard InChI is InChI=1S/C14H21N3OS2/c1-10(11-16-7-8-20-11)9-17-13(18)14(12(15)19)5-3-2-4-6-14/h7-8,10H,2-6,9H2,1H3,(H2,15,19)(H,17,18). The van der Waals surface area contributed by atoms with Crippen LogP contribution >= 0.6 is 23.6 Å². The van der Waals surface area contributed by atoms with Gasteiger partial charge in [0.15, 0.2) is 0 Å². The fourth-order valence-corrected chi connectivity index (χ4v) is 3.72. The van der Waals surface area contributed by atoms with Crippen molar-refractivity contribution in [2.24, 2.45) is 11.1 Å². The van der Waals surface area contributed by atoms with E-state index in [4.69, 9.17) is 18.0 Å². The summed E-state index contributed by atoms with van der Waals surface area (Å²) in [4.78, 5) is 17.2. The van der Waals surface area contributed by atoms with Gasteiger partial charge < -0.3 is 11.1 Å². The van der Waals surface area contributed by atoms with Crippen molar-refractivity contribution in [2.75, 3.05) is 6.54 Å². The number of hydrogen-bond donors (Lipinski definition) is 2. The van der Waals surface area contributed by atoms with Crippen molar-refractivity contribution in [1.82, 2.24) is 10.3 Å². The Kier molecular flexibility index (Phi) is 5.10. The van der Waals surface area contributed by atoms with Crippen molar-refractivity contribution in [2.45, 2.75) is 44.9 Å². The molecule has 110 valence electrons. The number of nitrogens with one attached hydrogen (secondary N) is 1. The van der Waals surface area contributed by atoms with Gasteiger partial charge >= 0.3 is 0 Å². The lowest BCUT2D eigenvalue weighted by Crippen LogP contribution is -2.50. The van der Waals surface area contributed by atoms with Gasteiger partial charge in [0, 0.05) is 24.0 Å². The first-order valence-electron chi connectivity index (χ1n) is 7.04. The first-order chi connectivity index (χ1) is 9.56. The van der Waals surface area contributed by atoms with Crippen LogP contribution in [-0.4, -0.2) is 22.4 Å². The van der Waals surface area contributed by atoms with Crippen LogP contribution in [0.4, 0.5) is 0 Å². The monoisotopic (exact) mass is 311 g/mol. The molecule has 6 heteroatoms. The smallest absolute Gasteiger partial charge is 0.233 e. The van der Waals surface area contributed by atoms with Gasteiger partial charge in [-0.05, 0) is 12.8 Å². The van der Waals surface area contributed by atoms with Crippen molar-refractivity contribution in [3.8, 4) is 0 Å². The third-order valence-corrected chi connectivity index (χ3v) is 5.45. The van der Waals surface area contributed by atoms with Crippen LogP contribution in [0.25, 0.3) is 0 Å². The molecular weight excluding hydrogens is 290 g/mol. The van der Waals surface area contributed by atoms with Crippen LogP contribution in [0.1, 0.15) is 50.0 Å². The minimum Gasteiger partial charge on any atom is -0.392 e. The summed E-state index contributed by atoms with van der Waals surface area (Å²) in [5, 5.41) is 6.01. The zero-order valence-corrected chi connectivity index (χ0v) is 13.4. The fourth-order valence-electron chi connectivity index (χ4n) is 2.72. The average molecular weight is 311 g/mol. The summed E-state index contributed by atoms with van der Waals surface area (Å²) in [5.74, 6) is 0.207. The summed E-state index contributed by atoms with van der Waals surface area (Å²) in [5.41, 5.74) is 5.24. The number of thiazole rings is 1. The predicted octanol–water partition coefficient (Wildman–Crippen LogP) is 2.60. The number of nitrogens with two attached hydrogens (primary N) is 1. The normalized spacial score (nSPS) is 19.2. The van der Waals surface area contributed by atoms with E-state index in [1.54, 1.807) is 17.5 Å². The SMILES string of the molecule is CC(CNC(=O)C1(C(N)=S)CCCCC1)c1nccs1. The van der Waals surface area contributed by atoms with Gasteiger partial charge in [-0.1, -0.05) is 38.4 Å². The van der Waals surface area contributed by atoms with E-state index in [0.29, 0.717) is 11.5 Å². The molecule has 4 nitrogen and oxygen atoms in total. The van der Waals surface area contributed by atoms with E-state index in [1.165, 1.54) is 0 Å². The number of thiocarbonyl (C=S) groups is 1. The molecule has 1 aromatic heterocycles. The highest BCUT2D eigenvalue weighted by atomic mass is 32.1. The summed E-state index contributed by atoms with van der Waals surface area (Å²) < 4.78 is 0. The Morgan fingerprint density at radius 2 is 2.25 bits per heavy atom. The Morgan fingerprint density at radius 3 is 2.80 bits per heavy atom. The van der Waals surface area contributed by atoms with Crippen LogP contribution in [0.5, 0.6) is 0 Å². The van der Waals surface area contributed by atoms with Gasteiger partial charge in [0.05, 0.1) is 15.4 Å². The lowest BCUT2D eigenvalue weighted by Gasteiger charge is -2.35. The van der Waals surface area contributed by atoms with Crippen molar-refractivity contribution in [3.63, 3.8) is 0 Å². The van der Waals surface area contributed by atoms with Gasteiger partial charge in [0.2, 0.25) is 5.91 Å². The molecule has 0 spiro atoms. The van der Waals surface area contributed by atoms with E-state index in [0.717, 1.165) is 37.1 Å². The maximum absolute atomic E-state index is 12.5. The third kappa shape index (κ3) is 3.17. The second-order valence-electron chi connectivity index (χ2n) is 5.49. The van der Waals surface area contributed by atoms with Gasteiger partial charge in [0.25, 0.3) is 0 Å². The molecule has 20 heavy (non-hydrogen) atoms. The van der Waals surface area contributed by atoms with Crippen LogP contribution in [0.3, 0.4) is 0 Å². The van der Waals surface area contributed by atoms with Gasteiger partial charge in [-0.25, -0.2) is 4.98 Å². The molecule has 1 amide bonds. The zero-order chi connectivity index (χ0) is 14.6. The number of carbonyl (C=O) groups is 1. The lowest BCUT2D eigenvalue weighted by atomic mass is 9.73. The predicted molar refractivity (Wildman–Crippen MR) is 85.8 cm³/mol. The summed E-state index contributed by atoms with van der Waals surface area (Å²) in [6, 6.07) is 0. The summed E-state index contributed by atoms with van der Waals surface area (Å²) >= 11 is 6.78. The molecule has 1 aliphatic carbocycles. The molecular formula is C14H21N3OS2. The minimum absolute atomic E-state index is 0.00638. The van der Waals surface area contributed by atoms with E-state index in [-0.39, 0.29) is 11.8 Å². The van der Waals surface area contributed by atoms with Gasteiger partial charge in [-0.3, -0.25) is 4.79 Å². The summed E-state index contributed by atoms with van der Waals surface area (Å²) in [6.07, 6.45) is 6.54. The van der Waals surface area contributed by atoms with Crippen LogP contribution in [0.2, 0.25) is 0 Å². The van der Waals surface area contributed by atoms with E-state index >= 15 is 0 Å². The third-order valence-electron chi connectivity index (χ3n) is 4.06. The van der Waals surface area contributed by atoms with Crippen LogP contribution in [0.15, 0.2) is 11.6 Å². The zero-order valence-electron chi connectivity index (χ0n) is 11.7. The minimum atomic E-state index is -0.629. The summed E-state index contributed by atoms with van der Waals surface area (Å²) in [6.45, 7) is 2.64. The Hall–Kier alpha value is -1.01. The van der Waals surface area contributed by atoms with E-state index in [2.05, 4.69) is 17.2 Å². The Labute approximate surface area is 129 Å². The number of amides is 1. The summed E-state index contributed by atoms with van der Waals surface area (Å²) in [7, 11) is 0. The van der Waals surface area contributed by atoms with Gasteiger partial charge in [0.1, 0.15) is 0 Å². The highest BCUT2D eigenvalue weighted by molar-refractivity contribution is 7.80. The Balaban J connectivity index is 1.97. The van der Waals surface area contributed by atoms with Crippen molar-refractivity contribution < 1.29 is 4.79 Å². The fraction of sp³-hybridized carbons (Fsp3) is 0.643.